The van der Waals surface area contributed by atoms with Gasteiger partial charge in [0.05, 0.1) is 6.54 Å². The maximum Gasteiger partial charge on any atom is 0.324 e. The molecule has 0 aliphatic carbocycles. The summed E-state index contributed by atoms with van der Waals surface area (Å²) >= 11 is 5.70. The SMILES string of the molecule is CN(CC(F)F)C(=O)N(CC(=O)O)c1ccc(Cl)cc1. The van der Waals surface area contributed by atoms with Crippen molar-refractivity contribution < 1.29 is 23.5 Å². The van der Waals surface area contributed by atoms with Gasteiger partial charge in [0, 0.05) is 17.8 Å². The lowest BCUT2D eigenvalue weighted by Gasteiger charge is -2.26. The Hall–Kier alpha value is -1.89. The van der Waals surface area contributed by atoms with E-state index in [4.69, 9.17) is 16.7 Å². The summed E-state index contributed by atoms with van der Waals surface area (Å²) in [7, 11) is 1.18. The number of halogens is 3. The molecule has 0 fully saturated rings. The third kappa shape index (κ3) is 4.65. The summed E-state index contributed by atoms with van der Waals surface area (Å²) < 4.78 is 24.6. The number of carboxylic acids is 1. The zero-order chi connectivity index (χ0) is 15.3. The van der Waals surface area contributed by atoms with Gasteiger partial charge in [0.15, 0.2) is 0 Å². The van der Waals surface area contributed by atoms with Crippen LogP contribution in [-0.4, -0.2) is 48.6 Å². The Balaban J connectivity index is 2.96. The van der Waals surface area contributed by atoms with Crippen LogP contribution in [0, 0.1) is 0 Å². The first-order chi connectivity index (χ1) is 9.31. The minimum Gasteiger partial charge on any atom is -0.480 e. The van der Waals surface area contributed by atoms with Gasteiger partial charge in [0.25, 0.3) is 6.43 Å². The van der Waals surface area contributed by atoms with E-state index in [0.717, 1.165) is 9.80 Å². The summed E-state index contributed by atoms with van der Waals surface area (Å²) in [5.74, 6) is -1.25. The fourth-order valence-electron chi connectivity index (χ4n) is 1.52. The molecular weight excluding hydrogens is 294 g/mol. The van der Waals surface area contributed by atoms with Crippen LogP contribution < -0.4 is 4.90 Å². The molecule has 0 saturated heterocycles. The summed E-state index contributed by atoms with van der Waals surface area (Å²) in [5, 5.41) is 9.24. The Morgan fingerprint density at radius 1 is 1.30 bits per heavy atom. The average Bonchev–Trinajstić information content (AvgIpc) is 2.35. The van der Waals surface area contributed by atoms with Crippen LogP contribution >= 0.6 is 11.6 Å². The molecule has 1 aromatic rings. The highest BCUT2D eigenvalue weighted by Gasteiger charge is 2.23. The van der Waals surface area contributed by atoms with Crippen molar-refractivity contribution in [2.75, 3.05) is 25.0 Å². The normalized spacial score (nSPS) is 10.4. The van der Waals surface area contributed by atoms with E-state index < -0.39 is 31.5 Å². The monoisotopic (exact) mass is 306 g/mol. The molecule has 1 aromatic carbocycles. The highest BCUT2D eigenvalue weighted by Crippen LogP contribution is 2.19. The number of alkyl halides is 2. The number of aliphatic carboxylic acids is 1. The number of carbonyl (C=O) groups excluding carboxylic acids is 1. The second kappa shape index (κ2) is 7.04. The molecule has 20 heavy (non-hydrogen) atoms. The van der Waals surface area contributed by atoms with Gasteiger partial charge < -0.3 is 10.0 Å². The predicted octanol–water partition coefficient (Wildman–Crippen LogP) is 2.55. The van der Waals surface area contributed by atoms with Gasteiger partial charge in [-0.3, -0.25) is 9.69 Å². The van der Waals surface area contributed by atoms with Crippen LogP contribution in [0.25, 0.3) is 0 Å². The van der Waals surface area contributed by atoms with Gasteiger partial charge in [0.1, 0.15) is 6.54 Å². The first-order valence-corrected chi connectivity index (χ1v) is 5.97. The molecule has 1 rings (SSSR count). The number of urea groups is 1. The Morgan fingerprint density at radius 2 is 1.85 bits per heavy atom. The number of hydrogen-bond donors (Lipinski definition) is 1. The topological polar surface area (TPSA) is 60.9 Å². The van der Waals surface area contributed by atoms with Gasteiger partial charge in [-0.05, 0) is 24.3 Å². The van der Waals surface area contributed by atoms with E-state index in [2.05, 4.69) is 0 Å². The molecule has 0 atom stereocenters. The number of anilines is 1. The molecule has 2 amide bonds. The van der Waals surface area contributed by atoms with Crippen LogP contribution in [0.2, 0.25) is 5.02 Å². The summed E-state index contributed by atoms with van der Waals surface area (Å²) in [6, 6.07) is 5.02. The minimum absolute atomic E-state index is 0.267. The molecule has 0 aliphatic heterocycles. The van der Waals surface area contributed by atoms with Crippen molar-refractivity contribution in [1.82, 2.24) is 4.90 Å². The molecule has 8 heteroatoms. The van der Waals surface area contributed by atoms with Gasteiger partial charge in [0.2, 0.25) is 0 Å². The maximum absolute atomic E-state index is 12.3. The van der Waals surface area contributed by atoms with Crippen LogP contribution in [0.15, 0.2) is 24.3 Å². The summed E-state index contributed by atoms with van der Waals surface area (Å²) in [6.45, 7) is -1.41. The lowest BCUT2D eigenvalue weighted by atomic mass is 10.3. The molecule has 1 N–H and O–H groups in total. The molecule has 0 radical (unpaired) electrons. The second-order valence-electron chi connectivity index (χ2n) is 4.01. The second-order valence-corrected chi connectivity index (χ2v) is 4.45. The first kappa shape index (κ1) is 16.2. The number of amides is 2. The molecular formula is C12H13ClF2N2O3. The van der Waals surface area contributed by atoms with Gasteiger partial charge in [-0.25, -0.2) is 13.6 Å². The fourth-order valence-corrected chi connectivity index (χ4v) is 1.64. The zero-order valence-corrected chi connectivity index (χ0v) is 11.3. The van der Waals surface area contributed by atoms with Crippen LogP contribution in [0.5, 0.6) is 0 Å². The van der Waals surface area contributed by atoms with E-state index in [0.29, 0.717) is 5.02 Å². The van der Waals surface area contributed by atoms with Gasteiger partial charge in [-0.2, -0.15) is 0 Å². The number of carbonyl (C=O) groups is 2. The molecule has 110 valence electrons. The van der Waals surface area contributed by atoms with E-state index in [9.17, 15) is 18.4 Å². The minimum atomic E-state index is -2.69. The molecule has 0 spiro atoms. The maximum atomic E-state index is 12.3. The summed E-state index contributed by atoms with van der Waals surface area (Å²) in [5.41, 5.74) is 0.267. The molecule has 0 saturated carbocycles. The Kier molecular flexibility index (Phi) is 5.69. The molecule has 5 nitrogen and oxygen atoms in total. The third-order valence-electron chi connectivity index (χ3n) is 2.40. The summed E-state index contributed by atoms with van der Waals surface area (Å²) in [6.07, 6.45) is -2.69. The zero-order valence-electron chi connectivity index (χ0n) is 10.6. The van der Waals surface area contributed by atoms with E-state index in [1.165, 1.54) is 31.3 Å². The van der Waals surface area contributed by atoms with Crippen molar-refractivity contribution in [2.24, 2.45) is 0 Å². The van der Waals surface area contributed by atoms with E-state index in [1.54, 1.807) is 0 Å². The standard InChI is InChI=1S/C12H13ClF2N2O3/c1-16(6-10(14)15)12(20)17(7-11(18)19)9-4-2-8(13)3-5-9/h2-5,10H,6-7H2,1H3,(H,18,19). The molecule has 0 heterocycles. The number of rotatable bonds is 5. The first-order valence-electron chi connectivity index (χ1n) is 5.59. The van der Waals surface area contributed by atoms with Crippen molar-refractivity contribution >= 4 is 29.3 Å². The van der Waals surface area contributed by atoms with Crippen molar-refractivity contribution in [2.45, 2.75) is 6.43 Å². The Morgan fingerprint density at radius 3 is 2.30 bits per heavy atom. The summed E-state index contributed by atoms with van der Waals surface area (Å²) in [4.78, 5) is 24.5. The molecule has 0 aromatic heterocycles. The number of hydrogen-bond acceptors (Lipinski definition) is 2. The number of benzene rings is 1. The lowest BCUT2D eigenvalue weighted by molar-refractivity contribution is -0.135. The van der Waals surface area contributed by atoms with Crippen molar-refractivity contribution in [3.8, 4) is 0 Å². The van der Waals surface area contributed by atoms with Gasteiger partial charge in [-0.15, -0.1) is 0 Å². The average molecular weight is 307 g/mol. The third-order valence-corrected chi connectivity index (χ3v) is 2.65. The van der Waals surface area contributed by atoms with E-state index >= 15 is 0 Å². The van der Waals surface area contributed by atoms with Crippen molar-refractivity contribution in [1.29, 1.82) is 0 Å². The Labute approximate surface area is 119 Å². The number of nitrogens with zero attached hydrogens (tertiary/aromatic N) is 2. The van der Waals surface area contributed by atoms with Gasteiger partial charge >= 0.3 is 12.0 Å². The molecule has 0 bridgehead atoms. The smallest absolute Gasteiger partial charge is 0.324 e. The highest BCUT2D eigenvalue weighted by molar-refractivity contribution is 6.30. The fraction of sp³-hybridized carbons (Fsp3) is 0.333. The lowest BCUT2D eigenvalue weighted by Crippen LogP contribution is -2.45. The highest BCUT2D eigenvalue weighted by atomic mass is 35.5. The van der Waals surface area contributed by atoms with Gasteiger partial charge in [-0.1, -0.05) is 11.6 Å². The predicted molar refractivity (Wildman–Crippen MR) is 70.5 cm³/mol. The van der Waals surface area contributed by atoms with Crippen LogP contribution in [0.4, 0.5) is 19.3 Å². The van der Waals surface area contributed by atoms with Crippen LogP contribution in [0.3, 0.4) is 0 Å². The molecule has 0 aliphatic rings. The number of carboxylic acid groups (broad SMARTS) is 1. The van der Waals surface area contributed by atoms with Crippen molar-refractivity contribution in [3.63, 3.8) is 0 Å². The van der Waals surface area contributed by atoms with Crippen LogP contribution in [0.1, 0.15) is 0 Å². The van der Waals surface area contributed by atoms with Crippen molar-refractivity contribution in [3.05, 3.63) is 29.3 Å². The quantitative estimate of drug-likeness (QED) is 0.909. The molecule has 0 unspecified atom stereocenters. The van der Waals surface area contributed by atoms with E-state index in [-0.39, 0.29) is 5.69 Å². The largest absolute Gasteiger partial charge is 0.480 e. The van der Waals surface area contributed by atoms with E-state index in [1.807, 2.05) is 0 Å². The Bertz CT molecular complexity index is 482. The van der Waals surface area contributed by atoms with Crippen LogP contribution in [-0.2, 0) is 4.79 Å².